The Morgan fingerprint density at radius 3 is 1.87 bits per heavy atom. The van der Waals surface area contributed by atoms with Crippen LogP contribution < -0.4 is 20.1 Å². The number of benzene rings is 2. The number of aryl methyl sites for hydroxylation is 1. The maximum Gasteiger partial charge on any atom is 0.230 e. The highest BCUT2D eigenvalue weighted by Crippen LogP contribution is 2.38. The van der Waals surface area contributed by atoms with E-state index < -0.39 is 0 Å². The van der Waals surface area contributed by atoms with Crippen molar-refractivity contribution in [1.29, 1.82) is 0 Å². The molecule has 0 radical (unpaired) electrons. The van der Waals surface area contributed by atoms with Crippen molar-refractivity contribution >= 4 is 57.7 Å². The summed E-state index contributed by atoms with van der Waals surface area (Å²) < 4.78 is 2.10. The monoisotopic (exact) mass is 703 g/mol. The second kappa shape index (κ2) is 15.7. The highest BCUT2D eigenvalue weighted by atomic mass is 16.3. The zero-order chi connectivity index (χ0) is 37.8. The van der Waals surface area contributed by atoms with Crippen LogP contribution >= 0.6 is 0 Å². The molecule has 0 saturated carbocycles. The van der Waals surface area contributed by atoms with Gasteiger partial charge in [-0.05, 0) is 101 Å². The minimum atomic E-state index is -0.379. The Labute approximate surface area is 309 Å². The molecule has 2 aliphatic rings. The molecule has 0 saturated heterocycles. The lowest BCUT2D eigenvalue weighted by Gasteiger charge is -2.31. The second-order valence-electron chi connectivity index (χ2n) is 13.9. The number of nitrogens with zero attached hydrogens (tertiary/aromatic N) is 2. The number of aliphatic hydroxyl groups is 1. The zero-order valence-electron chi connectivity index (χ0n) is 32.2. The summed E-state index contributed by atoms with van der Waals surface area (Å²) in [5.74, 6) is -0.138. The van der Waals surface area contributed by atoms with Crippen molar-refractivity contribution < 1.29 is 24.1 Å². The Kier molecular flexibility index (Phi) is 11.6. The van der Waals surface area contributed by atoms with Gasteiger partial charge in [0, 0.05) is 69.3 Å². The van der Waals surface area contributed by atoms with Crippen LogP contribution in [0, 0.1) is 10.8 Å². The molecule has 1 aromatic heterocycles. The number of anilines is 3. The van der Waals surface area contributed by atoms with E-state index in [0.29, 0.717) is 13.1 Å². The first-order valence-electron chi connectivity index (χ1n) is 19.1. The van der Waals surface area contributed by atoms with E-state index in [2.05, 4.69) is 61.6 Å². The number of carbonyl (C=O) groups is 3. The molecule has 8 nitrogen and oxygen atoms in total. The zero-order valence-corrected chi connectivity index (χ0v) is 32.2. The molecule has 2 amide bonds. The number of nitrogens with one attached hydrogen (secondary N) is 2. The summed E-state index contributed by atoms with van der Waals surface area (Å²) in [7, 11) is 0. The number of ketones is 1. The first kappa shape index (κ1) is 38.3. The summed E-state index contributed by atoms with van der Waals surface area (Å²) in [6, 6.07) is 15.7. The standard InChI is InChI=1S/C44H54N4O4/c1-9-43(10-2,11-3)41(51)45-31-19-23-37-29(25-31)17-21-33(47(37)15-7)27-35-39(49)36(40(35)50)28-34-22-18-30-26-32(20-24-38(30)48(34)16-8)46-42(52)44(12-4,13-5)14-6/h17-28H,9-16H2,1-8H3,(H2-,45,46,49,50,51,52)/p+1. The number of Topliss-reactive ketones (excluding diaryl/α,β-unsaturated/α-hetero) is 1. The average Bonchev–Trinajstić information content (AvgIpc) is 3.17. The van der Waals surface area contributed by atoms with E-state index in [0.717, 1.165) is 83.4 Å². The minimum absolute atomic E-state index is 0.0240. The maximum absolute atomic E-state index is 13.5. The second-order valence-corrected chi connectivity index (χ2v) is 13.9. The van der Waals surface area contributed by atoms with Crippen LogP contribution in [0.3, 0.4) is 0 Å². The van der Waals surface area contributed by atoms with Crippen LogP contribution in [0.4, 0.5) is 17.1 Å². The molecule has 1 aliphatic heterocycles. The number of carbonyl (C=O) groups excluding carboxylic acids is 3. The third-order valence-corrected chi connectivity index (χ3v) is 11.9. The van der Waals surface area contributed by atoms with E-state index in [1.54, 1.807) is 12.2 Å². The van der Waals surface area contributed by atoms with E-state index in [1.807, 2.05) is 74.5 Å². The third kappa shape index (κ3) is 6.83. The van der Waals surface area contributed by atoms with Crippen LogP contribution in [0.25, 0.3) is 23.1 Å². The van der Waals surface area contributed by atoms with Gasteiger partial charge in [-0.15, -0.1) is 0 Å². The van der Waals surface area contributed by atoms with Gasteiger partial charge < -0.3 is 20.6 Å². The normalized spacial score (nSPS) is 16.1. The highest BCUT2D eigenvalue weighted by Gasteiger charge is 2.36. The number of allylic oxidation sites excluding steroid dienone is 4. The molecular weight excluding hydrogens is 649 g/mol. The first-order valence-corrected chi connectivity index (χ1v) is 19.1. The van der Waals surface area contributed by atoms with Gasteiger partial charge in [-0.2, -0.15) is 4.57 Å². The molecule has 0 spiro atoms. The molecule has 0 fully saturated rings. The predicted octanol–water partition coefficient (Wildman–Crippen LogP) is 9.67. The molecule has 0 atom stereocenters. The average molecular weight is 704 g/mol. The van der Waals surface area contributed by atoms with Gasteiger partial charge in [-0.3, -0.25) is 14.4 Å². The number of rotatable bonds is 14. The molecule has 1 aliphatic carbocycles. The number of aliphatic hydroxyl groups excluding tert-OH is 1. The summed E-state index contributed by atoms with van der Waals surface area (Å²) in [5.41, 5.74) is 5.81. The fourth-order valence-electron chi connectivity index (χ4n) is 7.79. The molecule has 3 N–H and O–H groups in total. The van der Waals surface area contributed by atoms with E-state index in [9.17, 15) is 19.5 Å². The largest absolute Gasteiger partial charge is 0.506 e. The maximum atomic E-state index is 13.5. The number of fused-ring (bicyclic) bond motifs is 2. The Hall–Kier alpha value is -4.98. The van der Waals surface area contributed by atoms with Crippen molar-refractivity contribution in [1.82, 2.24) is 0 Å². The van der Waals surface area contributed by atoms with E-state index >= 15 is 0 Å². The fraction of sp³-hybridized carbons (Fsp3) is 0.409. The van der Waals surface area contributed by atoms with Crippen molar-refractivity contribution in [2.45, 2.75) is 100 Å². The van der Waals surface area contributed by atoms with Crippen LogP contribution in [0.15, 0.2) is 83.3 Å². The van der Waals surface area contributed by atoms with Crippen molar-refractivity contribution in [3.8, 4) is 0 Å². The number of hydrogen-bond donors (Lipinski definition) is 3. The van der Waals surface area contributed by atoms with Crippen molar-refractivity contribution in [2.75, 3.05) is 22.1 Å². The van der Waals surface area contributed by atoms with E-state index in [1.165, 1.54) is 0 Å². The molecule has 2 heterocycles. The topological polar surface area (TPSA) is 103 Å². The molecule has 5 rings (SSSR count). The van der Waals surface area contributed by atoms with Gasteiger partial charge in [0.05, 0.1) is 11.1 Å². The van der Waals surface area contributed by atoms with E-state index in [-0.39, 0.29) is 45.3 Å². The van der Waals surface area contributed by atoms with Crippen LogP contribution in [-0.2, 0) is 20.9 Å². The number of likely N-dealkylation sites (N-methyl/N-ethyl adjacent to an activating group) is 1. The first-order chi connectivity index (χ1) is 25.0. The lowest BCUT2D eigenvalue weighted by atomic mass is 9.79. The molecule has 52 heavy (non-hydrogen) atoms. The lowest BCUT2D eigenvalue weighted by Crippen LogP contribution is -2.37. The smallest absolute Gasteiger partial charge is 0.230 e. The molecule has 0 bridgehead atoms. The number of hydrogen-bond acceptors (Lipinski definition) is 5. The Morgan fingerprint density at radius 2 is 1.33 bits per heavy atom. The summed E-state index contributed by atoms with van der Waals surface area (Å²) in [4.78, 5) is 42.0. The molecular formula is C44H55N4O4+. The number of aromatic nitrogens is 1. The van der Waals surface area contributed by atoms with Gasteiger partial charge in [-0.25, -0.2) is 0 Å². The fourth-order valence-corrected chi connectivity index (χ4v) is 7.79. The highest BCUT2D eigenvalue weighted by molar-refractivity contribution is 6.23. The van der Waals surface area contributed by atoms with Crippen molar-refractivity contribution in [3.63, 3.8) is 0 Å². The van der Waals surface area contributed by atoms with Crippen molar-refractivity contribution in [2.24, 2.45) is 10.8 Å². The van der Waals surface area contributed by atoms with Gasteiger partial charge >= 0.3 is 0 Å². The van der Waals surface area contributed by atoms with Gasteiger partial charge in [0.2, 0.25) is 28.8 Å². The van der Waals surface area contributed by atoms with Crippen LogP contribution in [-0.4, -0.2) is 29.2 Å². The third-order valence-electron chi connectivity index (χ3n) is 11.9. The molecule has 0 unspecified atom stereocenters. The minimum Gasteiger partial charge on any atom is -0.506 e. The van der Waals surface area contributed by atoms with Crippen LogP contribution in [0.1, 0.15) is 105 Å². The summed E-state index contributed by atoms with van der Waals surface area (Å²) in [6.45, 7) is 17.8. The molecule has 2 aromatic carbocycles. The van der Waals surface area contributed by atoms with Crippen LogP contribution in [0.5, 0.6) is 0 Å². The molecule has 3 aromatic rings. The quantitative estimate of drug-likeness (QED) is 0.115. The molecule has 8 heteroatoms. The van der Waals surface area contributed by atoms with Gasteiger partial charge in [0.25, 0.3) is 0 Å². The number of pyridine rings is 1. The van der Waals surface area contributed by atoms with E-state index in [4.69, 9.17) is 0 Å². The molecule has 274 valence electrons. The summed E-state index contributed by atoms with van der Waals surface area (Å²) >= 11 is 0. The van der Waals surface area contributed by atoms with Gasteiger partial charge in [0.1, 0.15) is 12.3 Å². The summed E-state index contributed by atoms with van der Waals surface area (Å²) in [5, 5.41) is 18.4. The predicted molar refractivity (Wildman–Crippen MR) is 213 cm³/mol. The Balaban J connectivity index is 1.39. The Morgan fingerprint density at radius 1 is 0.750 bits per heavy atom. The van der Waals surface area contributed by atoms with Gasteiger partial charge in [-0.1, -0.05) is 47.6 Å². The van der Waals surface area contributed by atoms with Crippen LogP contribution in [0.2, 0.25) is 0 Å². The number of amides is 2. The van der Waals surface area contributed by atoms with Gasteiger partial charge in [0.15, 0.2) is 0 Å². The lowest BCUT2D eigenvalue weighted by molar-refractivity contribution is -0.669. The Bertz CT molecular complexity index is 1990. The SMILES string of the molecule is CCN1/C(=C/C2=C(O)C(=C\c3ccc4cc(NC(=O)C(CC)(CC)CC)ccc4[n+]3CC)/C2=O)C=Cc2cc(NC(=O)C(CC)(CC)CC)ccc21. The summed E-state index contributed by atoms with van der Waals surface area (Å²) in [6.07, 6.45) is 12.1. The van der Waals surface area contributed by atoms with Crippen molar-refractivity contribution in [3.05, 3.63) is 94.5 Å².